The summed E-state index contributed by atoms with van der Waals surface area (Å²) in [4.78, 5) is 33.5. The molecule has 0 aliphatic rings. The molecule has 1 heterocycles. The Balaban J connectivity index is 0.000000283. The average Bonchev–Trinajstić information content (AvgIpc) is 2.67. The molecule has 9 heteroatoms. The van der Waals surface area contributed by atoms with Gasteiger partial charge in [0.2, 0.25) is 5.88 Å². The standard InChI is InChI=1S/C10H11NO4.C9H10N2O2/c1-14-9(12)6-3-4-7(8(11)5-6)10(13)15-2;1-3-11-8(12)4-6(2)7(5-10)9(11)13/h3-5H,11H2,1-2H3;4,13H,3H2,1-2H3. The molecule has 1 aromatic carbocycles. The van der Waals surface area contributed by atoms with Gasteiger partial charge >= 0.3 is 11.9 Å². The maximum absolute atomic E-state index is 11.3. The van der Waals surface area contributed by atoms with Crippen molar-refractivity contribution in [1.82, 2.24) is 4.57 Å². The normalized spacial score (nSPS) is 9.54. The van der Waals surface area contributed by atoms with E-state index in [0.29, 0.717) is 17.7 Å². The first-order valence-electron chi connectivity index (χ1n) is 8.11. The number of hydrogen-bond donors (Lipinski definition) is 2. The Kier molecular flexibility index (Phi) is 7.77. The first kappa shape index (κ1) is 22.2. The molecule has 28 heavy (non-hydrogen) atoms. The van der Waals surface area contributed by atoms with Crippen LogP contribution < -0.4 is 11.3 Å². The van der Waals surface area contributed by atoms with Crippen LogP contribution in [-0.2, 0) is 16.0 Å². The highest BCUT2D eigenvalue weighted by atomic mass is 16.5. The van der Waals surface area contributed by atoms with Crippen molar-refractivity contribution in [2.75, 3.05) is 20.0 Å². The van der Waals surface area contributed by atoms with Crippen molar-refractivity contribution < 1.29 is 24.2 Å². The Morgan fingerprint density at radius 3 is 2.29 bits per heavy atom. The predicted octanol–water partition coefficient (Wildman–Crippen LogP) is 1.60. The van der Waals surface area contributed by atoms with E-state index in [9.17, 15) is 19.5 Å². The van der Waals surface area contributed by atoms with Crippen LogP contribution in [0.3, 0.4) is 0 Å². The summed E-state index contributed by atoms with van der Waals surface area (Å²) in [5.41, 5.74) is 6.68. The molecule has 0 radical (unpaired) electrons. The molecule has 2 aromatic rings. The van der Waals surface area contributed by atoms with Gasteiger partial charge in [-0.25, -0.2) is 9.59 Å². The van der Waals surface area contributed by atoms with Crippen LogP contribution in [0, 0.1) is 18.3 Å². The monoisotopic (exact) mass is 387 g/mol. The van der Waals surface area contributed by atoms with Crippen LogP contribution in [0.5, 0.6) is 5.88 Å². The van der Waals surface area contributed by atoms with Crippen molar-refractivity contribution in [3.8, 4) is 11.9 Å². The molecule has 0 aliphatic heterocycles. The van der Waals surface area contributed by atoms with Gasteiger partial charge in [-0.2, -0.15) is 5.26 Å². The zero-order valence-corrected chi connectivity index (χ0v) is 16.0. The summed E-state index contributed by atoms with van der Waals surface area (Å²) in [7, 11) is 2.53. The number of methoxy groups -OCH3 is 2. The fourth-order valence-electron chi connectivity index (χ4n) is 2.30. The van der Waals surface area contributed by atoms with E-state index in [1.807, 2.05) is 6.07 Å². The van der Waals surface area contributed by atoms with Crippen molar-refractivity contribution in [2.24, 2.45) is 0 Å². The van der Waals surface area contributed by atoms with Gasteiger partial charge in [-0.1, -0.05) is 0 Å². The largest absolute Gasteiger partial charge is 0.493 e. The molecule has 0 atom stereocenters. The van der Waals surface area contributed by atoms with Crippen molar-refractivity contribution in [3.05, 3.63) is 56.9 Å². The summed E-state index contributed by atoms with van der Waals surface area (Å²) in [6.45, 7) is 3.72. The zero-order chi connectivity index (χ0) is 21.4. The molecule has 0 amide bonds. The molecular weight excluding hydrogens is 366 g/mol. The van der Waals surface area contributed by atoms with Gasteiger partial charge in [0.25, 0.3) is 5.56 Å². The molecular formula is C19H21N3O6. The summed E-state index contributed by atoms with van der Waals surface area (Å²) in [5, 5.41) is 18.2. The third-order valence-electron chi connectivity index (χ3n) is 3.79. The van der Waals surface area contributed by atoms with E-state index < -0.39 is 11.9 Å². The molecule has 2 rings (SSSR count). The summed E-state index contributed by atoms with van der Waals surface area (Å²) in [5.74, 6) is -1.28. The maximum Gasteiger partial charge on any atom is 0.339 e. The van der Waals surface area contributed by atoms with Gasteiger partial charge in [-0.3, -0.25) is 9.36 Å². The second-order valence-electron chi connectivity index (χ2n) is 5.51. The lowest BCUT2D eigenvalue weighted by Crippen LogP contribution is -2.19. The summed E-state index contributed by atoms with van der Waals surface area (Å²) in [6, 6.07) is 7.45. The average molecular weight is 387 g/mol. The number of nitrogens with zero attached hydrogens (tertiary/aromatic N) is 2. The zero-order valence-electron chi connectivity index (χ0n) is 16.0. The highest BCUT2D eigenvalue weighted by Crippen LogP contribution is 2.17. The number of carbonyl (C=O) groups excluding carboxylic acids is 2. The maximum atomic E-state index is 11.3. The van der Waals surface area contributed by atoms with E-state index in [4.69, 9.17) is 11.0 Å². The number of carbonyl (C=O) groups is 2. The van der Waals surface area contributed by atoms with Crippen LogP contribution in [0.1, 0.15) is 38.8 Å². The minimum Gasteiger partial charge on any atom is -0.493 e. The Bertz CT molecular complexity index is 988. The lowest BCUT2D eigenvalue weighted by Gasteiger charge is -2.07. The third kappa shape index (κ3) is 4.88. The Morgan fingerprint density at radius 2 is 1.82 bits per heavy atom. The lowest BCUT2D eigenvalue weighted by atomic mass is 10.1. The first-order valence-corrected chi connectivity index (χ1v) is 8.11. The second-order valence-corrected chi connectivity index (χ2v) is 5.51. The van der Waals surface area contributed by atoms with Crippen LogP contribution in [-0.4, -0.2) is 35.8 Å². The molecule has 0 unspecified atom stereocenters. The summed E-state index contributed by atoms with van der Waals surface area (Å²) >= 11 is 0. The predicted molar refractivity (Wildman–Crippen MR) is 101 cm³/mol. The molecule has 0 saturated heterocycles. The molecule has 0 aliphatic carbocycles. The van der Waals surface area contributed by atoms with Crippen LogP contribution in [0.2, 0.25) is 0 Å². The number of ether oxygens (including phenoxy) is 2. The molecule has 0 spiro atoms. The van der Waals surface area contributed by atoms with E-state index in [-0.39, 0.29) is 28.3 Å². The minimum absolute atomic E-state index is 0.168. The van der Waals surface area contributed by atoms with Crippen LogP contribution in [0.4, 0.5) is 5.69 Å². The SMILES string of the molecule is CCn1c(O)c(C#N)c(C)cc1=O.COC(=O)c1ccc(C(=O)OC)c(N)c1. The minimum atomic E-state index is -0.538. The van der Waals surface area contributed by atoms with Crippen LogP contribution in [0.15, 0.2) is 29.1 Å². The highest BCUT2D eigenvalue weighted by molar-refractivity contribution is 5.98. The number of benzene rings is 1. The smallest absolute Gasteiger partial charge is 0.339 e. The van der Waals surface area contributed by atoms with Gasteiger partial charge < -0.3 is 20.3 Å². The van der Waals surface area contributed by atoms with Crippen LogP contribution >= 0.6 is 0 Å². The molecule has 3 N–H and O–H groups in total. The van der Waals surface area contributed by atoms with E-state index >= 15 is 0 Å². The molecule has 9 nitrogen and oxygen atoms in total. The first-order chi connectivity index (χ1) is 13.2. The quantitative estimate of drug-likeness (QED) is 0.597. The van der Waals surface area contributed by atoms with Crippen molar-refractivity contribution >= 4 is 17.6 Å². The van der Waals surface area contributed by atoms with Gasteiger partial charge in [0.15, 0.2) is 0 Å². The van der Waals surface area contributed by atoms with E-state index in [1.165, 1.54) is 38.5 Å². The highest BCUT2D eigenvalue weighted by Gasteiger charge is 2.13. The van der Waals surface area contributed by atoms with Crippen LogP contribution in [0.25, 0.3) is 0 Å². The Hall–Kier alpha value is -3.80. The number of hydrogen-bond acceptors (Lipinski definition) is 8. The molecule has 0 saturated carbocycles. The number of nitrogen functional groups attached to an aromatic ring is 1. The van der Waals surface area contributed by atoms with Gasteiger partial charge in [-0.05, 0) is 37.6 Å². The van der Waals surface area contributed by atoms with Gasteiger partial charge in [-0.15, -0.1) is 0 Å². The van der Waals surface area contributed by atoms with E-state index in [2.05, 4.69) is 9.47 Å². The summed E-state index contributed by atoms with van der Waals surface area (Å²) in [6.07, 6.45) is 0. The summed E-state index contributed by atoms with van der Waals surface area (Å²) < 4.78 is 10.2. The Morgan fingerprint density at radius 1 is 1.21 bits per heavy atom. The molecule has 148 valence electrons. The fraction of sp³-hybridized carbons (Fsp3) is 0.263. The van der Waals surface area contributed by atoms with Gasteiger partial charge in [0.05, 0.1) is 25.3 Å². The third-order valence-corrected chi connectivity index (χ3v) is 3.79. The van der Waals surface area contributed by atoms with E-state index in [1.54, 1.807) is 13.8 Å². The number of esters is 2. The molecule has 0 fully saturated rings. The van der Waals surface area contributed by atoms with Crippen molar-refractivity contribution in [2.45, 2.75) is 20.4 Å². The number of aryl methyl sites for hydroxylation is 1. The second kappa shape index (κ2) is 9.78. The number of pyridine rings is 1. The number of nitrogens with two attached hydrogens (primary N) is 1. The topological polar surface area (TPSA) is 145 Å². The number of rotatable bonds is 3. The Labute approximate surface area is 161 Å². The number of anilines is 1. The number of aromatic nitrogens is 1. The van der Waals surface area contributed by atoms with Crippen molar-refractivity contribution in [3.63, 3.8) is 0 Å². The fourth-order valence-corrected chi connectivity index (χ4v) is 2.30. The van der Waals surface area contributed by atoms with Gasteiger partial charge in [0, 0.05) is 18.3 Å². The number of aromatic hydroxyl groups is 1. The molecule has 1 aromatic heterocycles. The van der Waals surface area contributed by atoms with Gasteiger partial charge in [0.1, 0.15) is 11.6 Å². The van der Waals surface area contributed by atoms with Crippen molar-refractivity contribution in [1.29, 1.82) is 5.26 Å². The number of nitriles is 1. The molecule has 0 bridgehead atoms. The lowest BCUT2D eigenvalue weighted by molar-refractivity contribution is 0.0587. The van der Waals surface area contributed by atoms with E-state index in [0.717, 1.165) is 4.57 Å².